The highest BCUT2D eigenvalue weighted by atomic mass is 79.9. The number of allylic oxidation sites excluding steroid dienone is 1. The molecule has 38 heavy (non-hydrogen) atoms. The van der Waals surface area contributed by atoms with Crippen molar-refractivity contribution in [2.24, 2.45) is 4.99 Å². The highest BCUT2D eigenvalue weighted by Gasteiger charge is 2.35. The molecule has 198 valence electrons. The molecule has 2 aromatic carbocycles. The van der Waals surface area contributed by atoms with Gasteiger partial charge in [0, 0.05) is 28.8 Å². The lowest BCUT2D eigenvalue weighted by Gasteiger charge is -2.28. The van der Waals surface area contributed by atoms with E-state index in [-0.39, 0.29) is 12.2 Å². The van der Waals surface area contributed by atoms with Gasteiger partial charge in [-0.3, -0.25) is 9.36 Å². The number of anilines is 1. The highest BCUT2D eigenvalue weighted by molar-refractivity contribution is 9.10. The van der Waals surface area contributed by atoms with Crippen LogP contribution < -0.4 is 24.5 Å². The van der Waals surface area contributed by atoms with Crippen molar-refractivity contribution < 1.29 is 19.0 Å². The molecule has 2 aliphatic heterocycles. The molecule has 0 bridgehead atoms. The average Bonchev–Trinajstić information content (AvgIpc) is 3.23. The van der Waals surface area contributed by atoms with Gasteiger partial charge in [0.05, 0.1) is 42.7 Å². The quantitative estimate of drug-likeness (QED) is 0.405. The fourth-order valence-electron chi connectivity index (χ4n) is 4.76. The van der Waals surface area contributed by atoms with E-state index in [0.717, 1.165) is 42.0 Å². The van der Waals surface area contributed by atoms with Crippen molar-refractivity contribution >= 4 is 45.0 Å². The number of nitrogens with zero attached hydrogens (tertiary/aromatic N) is 3. The second-order valence-electron chi connectivity index (χ2n) is 8.88. The van der Waals surface area contributed by atoms with E-state index in [2.05, 4.69) is 38.0 Å². The maximum absolute atomic E-state index is 13.9. The number of halogens is 1. The molecule has 0 N–H and O–H groups in total. The summed E-state index contributed by atoms with van der Waals surface area (Å²) in [7, 11) is 1.57. The Morgan fingerprint density at radius 2 is 1.95 bits per heavy atom. The third-order valence-electron chi connectivity index (χ3n) is 6.57. The molecule has 5 rings (SSSR count). The molecular weight excluding hydrogens is 570 g/mol. The first-order chi connectivity index (χ1) is 18.4. The lowest BCUT2D eigenvalue weighted by Crippen LogP contribution is -2.40. The zero-order chi connectivity index (χ0) is 26.8. The summed E-state index contributed by atoms with van der Waals surface area (Å²) in [6.45, 7) is 6.90. The van der Waals surface area contributed by atoms with E-state index in [1.807, 2.05) is 36.4 Å². The summed E-state index contributed by atoms with van der Waals surface area (Å²) in [5, 5.41) is 0. The van der Waals surface area contributed by atoms with E-state index < -0.39 is 12.0 Å². The zero-order valence-corrected chi connectivity index (χ0v) is 23.8. The second-order valence-corrected chi connectivity index (χ2v) is 10.8. The topological polar surface area (TPSA) is 82.4 Å². The number of aromatic nitrogens is 1. The Morgan fingerprint density at radius 1 is 1.21 bits per heavy atom. The molecule has 0 amide bonds. The number of methoxy groups -OCH3 is 1. The molecule has 10 heteroatoms. The number of fused-ring (bicyclic) bond motifs is 1. The number of carbonyl (C=O) groups is 1. The van der Waals surface area contributed by atoms with Crippen LogP contribution in [0.15, 0.2) is 68.0 Å². The Balaban J connectivity index is 1.63. The molecule has 1 saturated heterocycles. The smallest absolute Gasteiger partial charge is 0.338 e. The Morgan fingerprint density at radius 3 is 2.63 bits per heavy atom. The summed E-state index contributed by atoms with van der Waals surface area (Å²) in [4.78, 5) is 34.5. The summed E-state index contributed by atoms with van der Waals surface area (Å²) in [5.41, 5.74) is 3.30. The van der Waals surface area contributed by atoms with Crippen molar-refractivity contribution in [2.75, 3.05) is 44.9 Å². The Labute approximate surface area is 232 Å². The van der Waals surface area contributed by atoms with Crippen molar-refractivity contribution in [2.45, 2.75) is 19.9 Å². The molecule has 0 radical (unpaired) electrons. The van der Waals surface area contributed by atoms with E-state index in [4.69, 9.17) is 14.2 Å². The fourth-order valence-corrected chi connectivity index (χ4v) is 6.18. The third-order valence-corrected chi connectivity index (χ3v) is 8.05. The number of carbonyl (C=O) groups excluding carboxylic acids is 1. The zero-order valence-electron chi connectivity index (χ0n) is 21.4. The van der Waals surface area contributed by atoms with E-state index in [1.54, 1.807) is 25.5 Å². The van der Waals surface area contributed by atoms with Gasteiger partial charge in [0.15, 0.2) is 4.80 Å². The number of benzene rings is 2. The summed E-state index contributed by atoms with van der Waals surface area (Å²) in [6.07, 6.45) is 1.87. The molecule has 0 aliphatic carbocycles. The molecular formula is C28H28BrN3O5S. The maximum atomic E-state index is 13.9. The molecule has 1 atom stereocenters. The number of hydrogen-bond acceptors (Lipinski definition) is 8. The van der Waals surface area contributed by atoms with Gasteiger partial charge in [-0.2, -0.15) is 0 Å². The predicted octanol–water partition coefficient (Wildman–Crippen LogP) is 3.41. The van der Waals surface area contributed by atoms with Crippen LogP contribution in [-0.2, 0) is 14.3 Å². The van der Waals surface area contributed by atoms with Crippen molar-refractivity contribution in [3.05, 3.63) is 89.0 Å². The van der Waals surface area contributed by atoms with Crippen LogP contribution in [0, 0.1) is 0 Å². The van der Waals surface area contributed by atoms with Crippen LogP contribution in [0.4, 0.5) is 5.69 Å². The van der Waals surface area contributed by atoms with Crippen LogP contribution in [0.25, 0.3) is 6.08 Å². The highest BCUT2D eigenvalue weighted by Crippen LogP contribution is 2.37. The predicted molar refractivity (Wildman–Crippen MR) is 151 cm³/mol. The molecule has 0 saturated carbocycles. The molecule has 3 aromatic rings. The maximum Gasteiger partial charge on any atom is 0.338 e. The van der Waals surface area contributed by atoms with Gasteiger partial charge in [-0.05, 0) is 55.8 Å². The summed E-state index contributed by atoms with van der Waals surface area (Å²) < 4.78 is 19.4. The first-order valence-electron chi connectivity index (χ1n) is 12.4. The van der Waals surface area contributed by atoms with Gasteiger partial charge in [0.2, 0.25) is 0 Å². The number of rotatable bonds is 6. The molecule has 0 spiro atoms. The minimum Gasteiger partial charge on any atom is -0.496 e. The van der Waals surface area contributed by atoms with Gasteiger partial charge >= 0.3 is 5.97 Å². The molecule has 2 aliphatic rings. The Hall–Kier alpha value is -3.21. The SMILES string of the molecule is CCOC(=O)C1=C(C)N=c2s/c(=C\c3ccc(N4CCOCC4)cc3)c(=O)n2[C@H]1c1cc(Br)ccc1OC. The van der Waals surface area contributed by atoms with Gasteiger partial charge in [0.25, 0.3) is 5.56 Å². The van der Waals surface area contributed by atoms with E-state index in [1.165, 1.54) is 11.3 Å². The first-order valence-corrected chi connectivity index (χ1v) is 14.0. The monoisotopic (exact) mass is 597 g/mol. The van der Waals surface area contributed by atoms with E-state index in [0.29, 0.717) is 31.9 Å². The van der Waals surface area contributed by atoms with Gasteiger partial charge in [-0.25, -0.2) is 9.79 Å². The molecule has 3 heterocycles. The van der Waals surface area contributed by atoms with Gasteiger partial charge in [0.1, 0.15) is 11.8 Å². The van der Waals surface area contributed by atoms with Crippen LogP contribution in [0.2, 0.25) is 0 Å². The standard InChI is InChI=1S/C28H28BrN3O5S/c1-4-37-27(34)24-17(2)30-28-32(25(24)21-16-19(29)7-10-22(21)35-3)26(33)23(38-28)15-18-5-8-20(9-6-18)31-11-13-36-14-12-31/h5-10,15-16,25H,4,11-14H2,1-3H3/b23-15-/t25-/m0/s1. The van der Waals surface area contributed by atoms with Crippen molar-refractivity contribution in [3.63, 3.8) is 0 Å². The number of thiazole rings is 1. The van der Waals surface area contributed by atoms with Crippen LogP contribution in [0.3, 0.4) is 0 Å². The summed E-state index contributed by atoms with van der Waals surface area (Å²) in [5.74, 6) is 0.0525. The van der Waals surface area contributed by atoms with Gasteiger partial charge < -0.3 is 19.1 Å². The van der Waals surface area contributed by atoms with Crippen molar-refractivity contribution in [3.8, 4) is 5.75 Å². The second kappa shape index (κ2) is 11.3. The normalized spacial score (nSPS) is 17.7. The molecule has 1 aromatic heterocycles. The van der Waals surface area contributed by atoms with Crippen molar-refractivity contribution in [1.82, 2.24) is 4.57 Å². The number of hydrogen-bond donors (Lipinski definition) is 0. The lowest BCUT2D eigenvalue weighted by molar-refractivity contribution is -0.139. The summed E-state index contributed by atoms with van der Waals surface area (Å²) >= 11 is 4.82. The Bertz CT molecular complexity index is 1570. The molecule has 8 nitrogen and oxygen atoms in total. The van der Waals surface area contributed by atoms with Crippen LogP contribution in [0.5, 0.6) is 5.75 Å². The van der Waals surface area contributed by atoms with Crippen LogP contribution in [-0.4, -0.2) is 50.6 Å². The van der Waals surface area contributed by atoms with Gasteiger partial charge in [-0.1, -0.05) is 39.4 Å². The summed E-state index contributed by atoms with van der Waals surface area (Å²) in [6, 6.07) is 12.9. The van der Waals surface area contributed by atoms with E-state index in [9.17, 15) is 9.59 Å². The minimum absolute atomic E-state index is 0.211. The number of esters is 1. The lowest BCUT2D eigenvalue weighted by atomic mass is 9.95. The Kier molecular flexibility index (Phi) is 7.83. The number of ether oxygens (including phenoxy) is 3. The fraction of sp³-hybridized carbons (Fsp3) is 0.321. The number of morpholine rings is 1. The minimum atomic E-state index is -0.747. The van der Waals surface area contributed by atoms with Crippen LogP contribution in [0.1, 0.15) is 31.0 Å². The van der Waals surface area contributed by atoms with Gasteiger partial charge in [-0.15, -0.1) is 0 Å². The van der Waals surface area contributed by atoms with Crippen molar-refractivity contribution in [1.29, 1.82) is 0 Å². The first kappa shape index (κ1) is 26.4. The molecule has 1 fully saturated rings. The molecule has 0 unspecified atom stereocenters. The average molecular weight is 599 g/mol. The van der Waals surface area contributed by atoms with E-state index >= 15 is 0 Å². The largest absolute Gasteiger partial charge is 0.496 e. The van der Waals surface area contributed by atoms with Crippen LogP contribution >= 0.6 is 27.3 Å². The third kappa shape index (κ3) is 5.08.